The number of carboxylic acids is 1. The lowest BCUT2D eigenvalue weighted by atomic mass is 9.97. The highest BCUT2D eigenvalue weighted by atomic mass is 16.4. The average Bonchev–Trinajstić information content (AvgIpc) is 2.91. The van der Waals surface area contributed by atoms with Crippen LogP contribution in [0.2, 0.25) is 0 Å². The monoisotopic (exact) mass is 280 g/mol. The van der Waals surface area contributed by atoms with Crippen LogP contribution in [0.25, 0.3) is 22.0 Å². The van der Waals surface area contributed by atoms with Gasteiger partial charge in [0.1, 0.15) is 6.04 Å². The number of H-pyrrole nitrogens is 1. The lowest BCUT2D eigenvalue weighted by Crippen LogP contribution is -2.32. The second-order valence-corrected chi connectivity index (χ2v) is 5.06. The van der Waals surface area contributed by atoms with E-state index in [1.54, 1.807) is 0 Å². The molecule has 1 atom stereocenters. The van der Waals surface area contributed by atoms with E-state index >= 15 is 0 Å². The van der Waals surface area contributed by atoms with Gasteiger partial charge >= 0.3 is 5.97 Å². The van der Waals surface area contributed by atoms with Gasteiger partial charge in [-0.1, -0.05) is 42.5 Å². The van der Waals surface area contributed by atoms with Gasteiger partial charge in [-0.3, -0.25) is 4.79 Å². The molecule has 0 fully saturated rings. The van der Waals surface area contributed by atoms with Gasteiger partial charge < -0.3 is 15.8 Å². The maximum atomic E-state index is 11.0. The summed E-state index contributed by atoms with van der Waals surface area (Å²) < 4.78 is 0. The predicted molar refractivity (Wildman–Crippen MR) is 83.0 cm³/mol. The standard InChI is InChI=1S/C17H16N2O2/c18-14(17(20)21)9-12-10-19-15-8-4-7-13(16(12)15)11-5-2-1-3-6-11/h1-8,10,14,19H,9,18H2,(H,20,21)/t14-/m0/s1. The van der Waals surface area contributed by atoms with Crippen molar-refractivity contribution in [2.75, 3.05) is 0 Å². The lowest BCUT2D eigenvalue weighted by Gasteiger charge is -2.09. The maximum Gasteiger partial charge on any atom is 0.320 e. The Hall–Kier alpha value is -2.59. The van der Waals surface area contributed by atoms with Gasteiger partial charge in [-0.15, -0.1) is 0 Å². The van der Waals surface area contributed by atoms with Crippen LogP contribution in [0, 0.1) is 0 Å². The molecule has 0 aliphatic rings. The molecular formula is C17H16N2O2. The first-order valence-electron chi connectivity index (χ1n) is 6.79. The summed E-state index contributed by atoms with van der Waals surface area (Å²) in [4.78, 5) is 14.2. The van der Waals surface area contributed by atoms with E-state index in [2.05, 4.69) is 4.98 Å². The fourth-order valence-electron chi connectivity index (χ4n) is 2.60. The van der Waals surface area contributed by atoms with Gasteiger partial charge in [0.15, 0.2) is 0 Å². The minimum Gasteiger partial charge on any atom is -0.480 e. The van der Waals surface area contributed by atoms with Gasteiger partial charge in [-0.2, -0.15) is 0 Å². The number of nitrogens with one attached hydrogen (secondary N) is 1. The summed E-state index contributed by atoms with van der Waals surface area (Å²) in [5, 5.41) is 10.0. The lowest BCUT2D eigenvalue weighted by molar-refractivity contribution is -0.138. The summed E-state index contributed by atoms with van der Waals surface area (Å²) in [7, 11) is 0. The molecule has 2 aromatic carbocycles. The van der Waals surface area contributed by atoms with Gasteiger partial charge in [0.2, 0.25) is 0 Å². The van der Waals surface area contributed by atoms with Crippen LogP contribution in [0.1, 0.15) is 5.56 Å². The number of benzene rings is 2. The highest BCUT2D eigenvalue weighted by molar-refractivity contribution is 5.98. The molecule has 4 heteroatoms. The molecule has 21 heavy (non-hydrogen) atoms. The number of carbonyl (C=O) groups is 1. The van der Waals surface area contributed by atoms with Crippen LogP contribution in [0.15, 0.2) is 54.7 Å². The molecule has 4 N–H and O–H groups in total. The van der Waals surface area contributed by atoms with Crippen molar-refractivity contribution in [2.45, 2.75) is 12.5 Å². The molecule has 3 rings (SSSR count). The number of nitrogens with two attached hydrogens (primary N) is 1. The molecule has 0 aliphatic heterocycles. The zero-order valence-corrected chi connectivity index (χ0v) is 11.4. The topological polar surface area (TPSA) is 79.1 Å². The summed E-state index contributed by atoms with van der Waals surface area (Å²) in [6, 6.07) is 15.2. The second kappa shape index (κ2) is 5.42. The van der Waals surface area contributed by atoms with E-state index in [4.69, 9.17) is 10.8 Å². The minimum atomic E-state index is -0.985. The van der Waals surface area contributed by atoms with Gasteiger partial charge in [0.05, 0.1) is 0 Å². The molecule has 4 nitrogen and oxygen atoms in total. The molecule has 0 bridgehead atoms. The molecule has 0 radical (unpaired) electrons. The number of hydrogen-bond acceptors (Lipinski definition) is 2. The largest absolute Gasteiger partial charge is 0.480 e. The maximum absolute atomic E-state index is 11.0. The van der Waals surface area contributed by atoms with Gasteiger partial charge in [0, 0.05) is 23.5 Å². The number of fused-ring (bicyclic) bond motifs is 1. The number of carboxylic acid groups (broad SMARTS) is 1. The van der Waals surface area contributed by atoms with E-state index in [1.807, 2.05) is 54.7 Å². The zero-order valence-electron chi connectivity index (χ0n) is 11.4. The molecule has 0 spiro atoms. The predicted octanol–water partition coefficient (Wildman–Crippen LogP) is 2.79. The fourth-order valence-corrected chi connectivity index (χ4v) is 2.60. The number of aromatic nitrogens is 1. The first-order chi connectivity index (χ1) is 10.2. The highest BCUT2D eigenvalue weighted by Gasteiger charge is 2.16. The number of aliphatic carboxylic acids is 1. The van der Waals surface area contributed by atoms with Crippen molar-refractivity contribution in [3.63, 3.8) is 0 Å². The third-order valence-corrected chi connectivity index (χ3v) is 3.63. The van der Waals surface area contributed by atoms with Crippen LogP contribution in [0.3, 0.4) is 0 Å². The van der Waals surface area contributed by atoms with Crippen molar-refractivity contribution in [3.05, 3.63) is 60.3 Å². The molecule has 106 valence electrons. The molecular weight excluding hydrogens is 264 g/mol. The fraction of sp³-hybridized carbons (Fsp3) is 0.118. The first-order valence-corrected chi connectivity index (χ1v) is 6.79. The van der Waals surface area contributed by atoms with E-state index in [9.17, 15) is 4.79 Å². The van der Waals surface area contributed by atoms with Gasteiger partial charge in [-0.05, 0) is 22.8 Å². The Morgan fingerprint density at radius 2 is 1.90 bits per heavy atom. The molecule has 0 saturated carbocycles. The Bertz CT molecular complexity index is 778. The van der Waals surface area contributed by atoms with Gasteiger partial charge in [0.25, 0.3) is 0 Å². The summed E-state index contributed by atoms with van der Waals surface area (Å²) in [5.74, 6) is -0.985. The van der Waals surface area contributed by atoms with Crippen molar-refractivity contribution in [2.24, 2.45) is 5.73 Å². The van der Waals surface area contributed by atoms with E-state index in [0.717, 1.165) is 27.6 Å². The van der Waals surface area contributed by atoms with Crippen LogP contribution in [-0.4, -0.2) is 22.1 Å². The smallest absolute Gasteiger partial charge is 0.320 e. The van der Waals surface area contributed by atoms with Crippen LogP contribution in [0.5, 0.6) is 0 Å². The van der Waals surface area contributed by atoms with E-state index < -0.39 is 12.0 Å². The SMILES string of the molecule is N[C@@H](Cc1c[nH]c2cccc(-c3ccccc3)c12)C(=O)O. The van der Waals surface area contributed by atoms with Crippen LogP contribution in [-0.2, 0) is 11.2 Å². The van der Waals surface area contributed by atoms with Crippen LogP contribution in [0.4, 0.5) is 0 Å². The Kier molecular flexibility index (Phi) is 3.46. The Balaban J connectivity index is 2.13. The normalized spacial score (nSPS) is 12.4. The third-order valence-electron chi connectivity index (χ3n) is 3.63. The van der Waals surface area contributed by atoms with Crippen molar-refractivity contribution < 1.29 is 9.90 Å². The Morgan fingerprint density at radius 1 is 1.14 bits per heavy atom. The van der Waals surface area contributed by atoms with E-state index in [0.29, 0.717) is 6.42 Å². The molecule has 1 heterocycles. The summed E-state index contributed by atoms with van der Waals surface area (Å²) in [6.45, 7) is 0. The van der Waals surface area contributed by atoms with Crippen molar-refractivity contribution in [1.82, 2.24) is 4.98 Å². The molecule has 0 aliphatic carbocycles. The summed E-state index contributed by atoms with van der Waals surface area (Å²) >= 11 is 0. The molecule has 0 unspecified atom stereocenters. The average molecular weight is 280 g/mol. The van der Waals surface area contributed by atoms with Crippen LogP contribution >= 0.6 is 0 Å². The Labute approximate surface area is 122 Å². The van der Waals surface area contributed by atoms with E-state index in [1.165, 1.54) is 0 Å². The quantitative estimate of drug-likeness (QED) is 0.687. The first kappa shape index (κ1) is 13.4. The highest BCUT2D eigenvalue weighted by Crippen LogP contribution is 2.31. The third kappa shape index (κ3) is 2.53. The molecule has 0 amide bonds. The molecule has 3 aromatic rings. The van der Waals surface area contributed by atoms with Crippen molar-refractivity contribution in [1.29, 1.82) is 0 Å². The van der Waals surface area contributed by atoms with Crippen molar-refractivity contribution in [3.8, 4) is 11.1 Å². The van der Waals surface area contributed by atoms with Crippen molar-refractivity contribution >= 4 is 16.9 Å². The molecule has 1 aromatic heterocycles. The Morgan fingerprint density at radius 3 is 2.62 bits per heavy atom. The minimum absolute atomic E-state index is 0.305. The van der Waals surface area contributed by atoms with E-state index in [-0.39, 0.29) is 0 Å². The number of rotatable bonds is 4. The zero-order chi connectivity index (χ0) is 14.8. The summed E-state index contributed by atoms with van der Waals surface area (Å²) in [6.07, 6.45) is 2.15. The number of hydrogen-bond donors (Lipinski definition) is 3. The summed E-state index contributed by atoms with van der Waals surface area (Å²) in [5.41, 5.74) is 9.78. The second-order valence-electron chi connectivity index (χ2n) is 5.06. The van der Waals surface area contributed by atoms with Crippen LogP contribution < -0.4 is 5.73 Å². The number of aromatic amines is 1. The van der Waals surface area contributed by atoms with Gasteiger partial charge in [-0.25, -0.2) is 0 Å². The molecule has 0 saturated heterocycles.